The minimum absolute atomic E-state index is 0.0360. The molecule has 0 radical (unpaired) electrons. The summed E-state index contributed by atoms with van der Waals surface area (Å²) in [5, 5.41) is 6.99. The maximum atomic E-state index is 11.6. The van der Waals surface area contributed by atoms with E-state index in [0.29, 0.717) is 18.7 Å². The Kier molecular flexibility index (Phi) is 3.49. The van der Waals surface area contributed by atoms with Crippen molar-refractivity contribution in [2.24, 2.45) is 0 Å². The van der Waals surface area contributed by atoms with Crippen molar-refractivity contribution in [2.75, 3.05) is 5.32 Å². The van der Waals surface area contributed by atoms with Crippen LogP contribution in [0.3, 0.4) is 0 Å². The smallest absolute Gasteiger partial charge is 0.226 e. The van der Waals surface area contributed by atoms with Crippen molar-refractivity contribution in [1.29, 1.82) is 0 Å². The molecule has 2 aromatic rings. The first-order valence-electron chi connectivity index (χ1n) is 5.44. The molecule has 17 heavy (non-hydrogen) atoms. The predicted molar refractivity (Wildman–Crippen MR) is 64.4 cm³/mol. The second kappa shape index (κ2) is 5.25. The maximum Gasteiger partial charge on any atom is 0.226 e. The third-order valence-electron chi connectivity index (χ3n) is 2.29. The molecule has 0 atom stereocenters. The highest BCUT2D eigenvalue weighted by atomic mass is 16.1. The Bertz CT molecular complexity index is 492. The molecule has 0 saturated carbocycles. The number of carbonyl (C=O) groups is 1. The van der Waals surface area contributed by atoms with Gasteiger partial charge >= 0.3 is 0 Å². The number of hydrogen-bond donors (Lipinski definition) is 1. The zero-order valence-corrected chi connectivity index (χ0v) is 9.63. The minimum Gasteiger partial charge on any atom is -0.325 e. The number of rotatable bonds is 4. The average Bonchev–Trinajstić information content (AvgIpc) is 2.74. The van der Waals surface area contributed by atoms with Crippen molar-refractivity contribution in [1.82, 2.24) is 14.8 Å². The monoisotopic (exact) mass is 230 g/mol. The van der Waals surface area contributed by atoms with Crippen LogP contribution in [0.4, 0.5) is 5.69 Å². The summed E-state index contributed by atoms with van der Waals surface area (Å²) in [6.07, 6.45) is 5.56. The highest BCUT2D eigenvalue weighted by molar-refractivity contribution is 5.90. The van der Waals surface area contributed by atoms with E-state index in [2.05, 4.69) is 15.4 Å². The van der Waals surface area contributed by atoms with Gasteiger partial charge in [0.25, 0.3) is 0 Å². The second-order valence-corrected chi connectivity index (χ2v) is 3.76. The third-order valence-corrected chi connectivity index (χ3v) is 2.29. The van der Waals surface area contributed by atoms with Crippen LogP contribution >= 0.6 is 0 Å². The first-order chi connectivity index (χ1) is 8.24. The Balaban J connectivity index is 1.82. The van der Waals surface area contributed by atoms with E-state index in [1.165, 1.54) is 0 Å². The second-order valence-electron chi connectivity index (χ2n) is 3.76. The highest BCUT2D eigenvalue weighted by Gasteiger charge is 2.03. The molecular weight excluding hydrogens is 216 g/mol. The summed E-state index contributed by atoms with van der Waals surface area (Å²) < 4.78 is 1.76. The fourth-order valence-corrected chi connectivity index (χ4v) is 1.46. The summed E-state index contributed by atoms with van der Waals surface area (Å²) in [5.74, 6) is -0.0360. The summed E-state index contributed by atoms with van der Waals surface area (Å²) in [6, 6.07) is 5.51. The SMILES string of the molecule is Cc1ccn(CCC(=O)Nc2cccnc2)n1. The van der Waals surface area contributed by atoms with Crippen LogP contribution in [-0.2, 0) is 11.3 Å². The van der Waals surface area contributed by atoms with E-state index < -0.39 is 0 Å². The van der Waals surface area contributed by atoms with Gasteiger partial charge in [-0.25, -0.2) is 0 Å². The van der Waals surface area contributed by atoms with Crippen LogP contribution in [0.15, 0.2) is 36.8 Å². The molecule has 0 saturated heterocycles. The van der Waals surface area contributed by atoms with E-state index in [4.69, 9.17) is 0 Å². The van der Waals surface area contributed by atoms with Crippen LogP contribution in [0, 0.1) is 6.92 Å². The van der Waals surface area contributed by atoms with Crippen LogP contribution in [0.25, 0.3) is 0 Å². The van der Waals surface area contributed by atoms with Gasteiger partial charge in [-0.2, -0.15) is 5.10 Å². The van der Waals surface area contributed by atoms with Gasteiger partial charge in [-0.1, -0.05) is 0 Å². The van der Waals surface area contributed by atoms with Crippen molar-refractivity contribution < 1.29 is 4.79 Å². The number of pyridine rings is 1. The number of nitrogens with zero attached hydrogens (tertiary/aromatic N) is 3. The molecule has 0 spiro atoms. The molecule has 0 aromatic carbocycles. The number of hydrogen-bond acceptors (Lipinski definition) is 3. The standard InChI is InChI=1S/C12H14N4O/c1-10-4-7-16(15-10)8-5-12(17)14-11-3-2-6-13-9-11/h2-4,6-7,9H,5,8H2,1H3,(H,14,17). The topological polar surface area (TPSA) is 59.8 Å². The van der Waals surface area contributed by atoms with Crippen molar-refractivity contribution in [3.63, 3.8) is 0 Å². The predicted octanol–water partition coefficient (Wildman–Crippen LogP) is 1.62. The molecule has 0 fully saturated rings. The average molecular weight is 230 g/mol. The van der Waals surface area contributed by atoms with Gasteiger partial charge in [-0.05, 0) is 25.1 Å². The van der Waals surface area contributed by atoms with Gasteiger partial charge in [0.15, 0.2) is 0 Å². The molecule has 5 heteroatoms. The summed E-state index contributed by atoms with van der Waals surface area (Å²) >= 11 is 0. The number of amides is 1. The number of carbonyl (C=O) groups excluding carboxylic acids is 1. The van der Waals surface area contributed by atoms with Gasteiger partial charge < -0.3 is 5.32 Å². The van der Waals surface area contributed by atoms with Gasteiger partial charge in [-0.15, -0.1) is 0 Å². The molecule has 1 N–H and O–H groups in total. The molecule has 2 rings (SSSR count). The molecular formula is C12H14N4O. The molecule has 0 unspecified atom stereocenters. The Morgan fingerprint density at radius 2 is 2.35 bits per heavy atom. The van der Waals surface area contributed by atoms with E-state index in [0.717, 1.165) is 5.69 Å². The first kappa shape index (κ1) is 11.3. The van der Waals surface area contributed by atoms with Crippen molar-refractivity contribution in [3.05, 3.63) is 42.5 Å². The Morgan fingerprint density at radius 3 is 3.00 bits per heavy atom. The number of nitrogens with one attached hydrogen (secondary N) is 1. The summed E-state index contributed by atoms with van der Waals surface area (Å²) in [5.41, 5.74) is 1.67. The van der Waals surface area contributed by atoms with Gasteiger partial charge in [0.05, 0.1) is 17.6 Å². The molecule has 88 valence electrons. The zero-order valence-electron chi connectivity index (χ0n) is 9.63. The minimum atomic E-state index is -0.0360. The Morgan fingerprint density at radius 1 is 1.47 bits per heavy atom. The van der Waals surface area contributed by atoms with Gasteiger partial charge in [0.1, 0.15) is 0 Å². The molecule has 1 amide bonds. The van der Waals surface area contributed by atoms with E-state index in [1.807, 2.05) is 25.3 Å². The lowest BCUT2D eigenvalue weighted by Crippen LogP contribution is -2.14. The largest absolute Gasteiger partial charge is 0.325 e. The molecule has 0 bridgehead atoms. The fourth-order valence-electron chi connectivity index (χ4n) is 1.46. The summed E-state index contributed by atoms with van der Waals surface area (Å²) in [7, 11) is 0. The van der Waals surface area contributed by atoms with E-state index in [1.54, 1.807) is 23.1 Å². The van der Waals surface area contributed by atoms with Crippen LogP contribution in [0.2, 0.25) is 0 Å². The van der Waals surface area contributed by atoms with Gasteiger partial charge in [-0.3, -0.25) is 14.5 Å². The number of anilines is 1. The van der Waals surface area contributed by atoms with Crippen molar-refractivity contribution >= 4 is 11.6 Å². The lowest BCUT2D eigenvalue weighted by Gasteiger charge is -2.04. The van der Waals surface area contributed by atoms with Crippen molar-refractivity contribution in [3.8, 4) is 0 Å². The normalized spacial score (nSPS) is 10.2. The van der Waals surface area contributed by atoms with Crippen LogP contribution < -0.4 is 5.32 Å². The lowest BCUT2D eigenvalue weighted by atomic mass is 10.3. The third kappa shape index (κ3) is 3.41. The Labute approximate surface area is 99.5 Å². The highest BCUT2D eigenvalue weighted by Crippen LogP contribution is 2.03. The molecule has 0 aliphatic heterocycles. The molecule has 5 nitrogen and oxygen atoms in total. The van der Waals surface area contributed by atoms with E-state index >= 15 is 0 Å². The van der Waals surface area contributed by atoms with E-state index in [-0.39, 0.29) is 5.91 Å². The maximum absolute atomic E-state index is 11.6. The van der Waals surface area contributed by atoms with Crippen molar-refractivity contribution in [2.45, 2.75) is 19.9 Å². The summed E-state index contributed by atoms with van der Waals surface area (Å²) in [4.78, 5) is 15.5. The van der Waals surface area contributed by atoms with Crippen LogP contribution in [-0.4, -0.2) is 20.7 Å². The zero-order chi connectivity index (χ0) is 12.1. The fraction of sp³-hybridized carbons (Fsp3) is 0.250. The van der Waals surface area contributed by atoms with Gasteiger partial charge in [0.2, 0.25) is 5.91 Å². The molecule has 2 aromatic heterocycles. The number of aryl methyl sites for hydroxylation is 2. The molecule has 0 aliphatic carbocycles. The lowest BCUT2D eigenvalue weighted by molar-refractivity contribution is -0.116. The van der Waals surface area contributed by atoms with E-state index in [9.17, 15) is 4.79 Å². The Hall–Kier alpha value is -2.17. The molecule has 0 aliphatic rings. The van der Waals surface area contributed by atoms with Crippen LogP contribution in [0.5, 0.6) is 0 Å². The van der Waals surface area contributed by atoms with Gasteiger partial charge in [0, 0.05) is 25.4 Å². The number of aromatic nitrogens is 3. The van der Waals surface area contributed by atoms with Crippen LogP contribution in [0.1, 0.15) is 12.1 Å². The first-order valence-corrected chi connectivity index (χ1v) is 5.44. The molecule has 2 heterocycles. The quantitative estimate of drug-likeness (QED) is 0.868. The summed E-state index contributed by atoms with van der Waals surface area (Å²) in [6.45, 7) is 2.51.